The molecule has 2 rings (SSSR count). The second kappa shape index (κ2) is 10.2. The fourth-order valence-corrected chi connectivity index (χ4v) is 3.60. The van der Waals surface area contributed by atoms with Crippen LogP contribution in [0.3, 0.4) is 0 Å². The molecule has 2 unspecified atom stereocenters. The molecule has 188 valence electrons. The number of alkyl halides is 3. The van der Waals surface area contributed by atoms with Crippen molar-refractivity contribution in [1.82, 2.24) is 0 Å². The molecule has 0 saturated carbocycles. The molecule has 0 bridgehead atoms. The van der Waals surface area contributed by atoms with E-state index in [0.29, 0.717) is 6.42 Å². The molecule has 1 N–H and O–H groups in total. The minimum absolute atomic E-state index is 0.247. The van der Waals surface area contributed by atoms with E-state index in [2.05, 4.69) is 14.3 Å². The van der Waals surface area contributed by atoms with Gasteiger partial charge in [-0.3, -0.25) is 9.54 Å². The van der Waals surface area contributed by atoms with Crippen LogP contribution < -0.4 is 0 Å². The lowest BCUT2D eigenvalue weighted by atomic mass is 9.94. The van der Waals surface area contributed by atoms with E-state index in [-0.39, 0.29) is 11.5 Å². The van der Waals surface area contributed by atoms with Gasteiger partial charge in [0.15, 0.2) is 33.9 Å². The Kier molecular flexibility index (Phi) is 8.26. The second-order valence-electron chi connectivity index (χ2n) is 6.90. The maximum atomic E-state index is 13.7. The molecule has 0 spiro atoms. The molecule has 2 atom stereocenters. The third kappa shape index (κ3) is 5.47. The van der Waals surface area contributed by atoms with Gasteiger partial charge in [-0.25, -0.2) is 26.8 Å². The first-order chi connectivity index (χ1) is 15.7. The molecule has 0 amide bonds. The van der Waals surface area contributed by atoms with Gasteiger partial charge in [0.2, 0.25) is 5.82 Å². The monoisotopic (exact) mass is 521 g/mol. The molecule has 0 radical (unpaired) electrons. The van der Waals surface area contributed by atoms with Crippen LogP contribution in [0.5, 0.6) is 0 Å². The summed E-state index contributed by atoms with van der Waals surface area (Å²) >= 11 is 0. The van der Waals surface area contributed by atoms with E-state index in [4.69, 9.17) is 5.26 Å². The Morgan fingerprint density at radius 3 is 1.85 bits per heavy atom. The maximum absolute atomic E-state index is 13.7. The van der Waals surface area contributed by atoms with Crippen LogP contribution in [0.1, 0.15) is 37.5 Å². The summed E-state index contributed by atoms with van der Waals surface area (Å²) < 4.78 is 135. The number of oxime groups is 1. The van der Waals surface area contributed by atoms with Crippen LogP contribution in [-0.2, 0) is 19.3 Å². The zero-order valence-corrected chi connectivity index (χ0v) is 17.9. The lowest BCUT2D eigenvalue weighted by molar-refractivity contribution is -0.293. The van der Waals surface area contributed by atoms with E-state index >= 15 is 0 Å². The van der Waals surface area contributed by atoms with Gasteiger partial charge in [-0.15, -0.1) is 0 Å². The Labute approximate surface area is 187 Å². The lowest BCUT2D eigenvalue weighted by Crippen LogP contribution is -2.25. The summed E-state index contributed by atoms with van der Waals surface area (Å²) in [6, 6.07) is 3.82. The molecule has 0 saturated heterocycles. The number of hydrogen-bond donors (Lipinski definition) is 1. The van der Waals surface area contributed by atoms with Crippen LogP contribution in [0, 0.1) is 35.0 Å². The summed E-state index contributed by atoms with van der Waals surface area (Å²) in [6.07, 6.45) is -5.75. The molecule has 0 fully saturated rings. The highest BCUT2D eigenvalue weighted by molar-refractivity contribution is 7.86. The summed E-state index contributed by atoms with van der Waals surface area (Å²) in [6.45, 7) is 3.46. The predicted molar refractivity (Wildman–Crippen MR) is 99.4 cm³/mol. The molecule has 0 aliphatic rings. The van der Waals surface area contributed by atoms with Gasteiger partial charge in [-0.05, 0) is 11.5 Å². The molecule has 34 heavy (non-hydrogen) atoms. The van der Waals surface area contributed by atoms with Gasteiger partial charge in [0, 0.05) is 5.56 Å². The summed E-state index contributed by atoms with van der Waals surface area (Å²) in [5.41, 5.74) is -2.54. The largest absolute Gasteiger partial charge is 0.437 e. The normalized spacial score (nSPS) is 14.7. The van der Waals surface area contributed by atoms with Crippen molar-refractivity contribution in [3.8, 4) is 0 Å². The van der Waals surface area contributed by atoms with Gasteiger partial charge in [0.05, 0.1) is 0 Å². The summed E-state index contributed by atoms with van der Waals surface area (Å²) in [5.74, 6) is -13.9. The van der Waals surface area contributed by atoms with E-state index in [1.165, 1.54) is 0 Å². The molecule has 15 heteroatoms. The van der Waals surface area contributed by atoms with Gasteiger partial charge in [-0.1, -0.05) is 49.7 Å². The van der Waals surface area contributed by atoms with Crippen LogP contribution in [0.2, 0.25) is 0 Å². The van der Waals surface area contributed by atoms with Crippen molar-refractivity contribution in [1.29, 1.82) is 0 Å². The summed E-state index contributed by atoms with van der Waals surface area (Å²) in [4.78, 5) is 1.82. The number of rotatable bonds is 8. The molecule has 0 aromatic heterocycles. The van der Waals surface area contributed by atoms with Crippen molar-refractivity contribution in [3.05, 3.63) is 64.5 Å². The van der Waals surface area contributed by atoms with Gasteiger partial charge >= 0.3 is 16.3 Å². The van der Waals surface area contributed by atoms with Crippen molar-refractivity contribution >= 4 is 15.8 Å². The van der Waals surface area contributed by atoms with Crippen molar-refractivity contribution in [3.63, 3.8) is 0 Å². The standard InChI is InChI=1S/C19H15F8NO5S/c1-3-8(2)16(32-29)9-4-6-10(7-5-9)18(19(25,26)27)28-33-34(30,31)17-14(23)12(21)11(20)13(22)15(17)24/h4-8,16,29H,3H2,1-2H3/b28-18-. The van der Waals surface area contributed by atoms with Gasteiger partial charge < -0.3 is 0 Å². The van der Waals surface area contributed by atoms with Crippen molar-refractivity contribution in [2.24, 2.45) is 11.1 Å². The minimum atomic E-state index is -6.02. The zero-order chi connectivity index (χ0) is 26.0. The Bertz CT molecular complexity index is 1150. The summed E-state index contributed by atoms with van der Waals surface area (Å²) in [7, 11) is -6.02. The van der Waals surface area contributed by atoms with Crippen molar-refractivity contribution in [2.45, 2.75) is 37.4 Å². The Morgan fingerprint density at radius 2 is 1.44 bits per heavy atom. The number of hydrogen-bond acceptors (Lipinski definition) is 6. The second-order valence-corrected chi connectivity index (χ2v) is 8.36. The fraction of sp³-hybridized carbons (Fsp3) is 0.316. The third-order valence-corrected chi connectivity index (χ3v) is 5.83. The smallest absolute Gasteiger partial charge is 0.264 e. The molecular weight excluding hydrogens is 506 g/mol. The molecular formula is C19H15F8NO5S. The number of halogens is 8. The Morgan fingerprint density at radius 1 is 0.971 bits per heavy atom. The highest BCUT2D eigenvalue weighted by Crippen LogP contribution is 2.31. The molecule has 0 heterocycles. The SMILES string of the molecule is CCC(C)C(OO)c1ccc(/C(=N/OS(=O)(=O)c2c(F)c(F)c(F)c(F)c2F)C(F)(F)F)cc1. The quantitative estimate of drug-likeness (QED) is 0.122. The average Bonchev–Trinajstić information content (AvgIpc) is 2.76. The van der Waals surface area contributed by atoms with Gasteiger partial charge in [-0.2, -0.15) is 21.6 Å². The van der Waals surface area contributed by atoms with Crippen molar-refractivity contribution in [2.75, 3.05) is 0 Å². The molecule has 0 aliphatic carbocycles. The first kappa shape index (κ1) is 27.5. The molecule has 2 aromatic carbocycles. The summed E-state index contributed by atoms with van der Waals surface area (Å²) in [5, 5.41) is 11.4. The van der Waals surface area contributed by atoms with Crippen LogP contribution >= 0.6 is 0 Å². The highest BCUT2D eigenvalue weighted by Gasteiger charge is 2.40. The van der Waals surface area contributed by atoms with E-state index in [0.717, 1.165) is 24.3 Å². The third-order valence-electron chi connectivity index (χ3n) is 4.70. The number of benzene rings is 2. The Balaban J connectivity index is 2.51. The first-order valence-electron chi connectivity index (χ1n) is 9.18. The van der Waals surface area contributed by atoms with E-state index in [9.17, 15) is 43.5 Å². The minimum Gasteiger partial charge on any atom is -0.264 e. The lowest BCUT2D eigenvalue weighted by Gasteiger charge is -2.20. The van der Waals surface area contributed by atoms with Crippen molar-refractivity contribution < 1.29 is 58.0 Å². The zero-order valence-electron chi connectivity index (χ0n) is 17.1. The van der Waals surface area contributed by atoms with Crippen LogP contribution in [0.25, 0.3) is 0 Å². The predicted octanol–water partition coefficient (Wildman–Crippen LogP) is 5.63. The fourth-order valence-electron chi connectivity index (χ4n) is 2.73. The average molecular weight is 521 g/mol. The molecule has 6 nitrogen and oxygen atoms in total. The van der Waals surface area contributed by atoms with Gasteiger partial charge in [0.25, 0.3) is 0 Å². The number of nitrogens with zero attached hydrogens (tertiary/aromatic N) is 1. The topological polar surface area (TPSA) is 85.2 Å². The first-order valence-corrected chi connectivity index (χ1v) is 10.6. The maximum Gasteiger partial charge on any atom is 0.437 e. The van der Waals surface area contributed by atoms with E-state index in [1.807, 2.05) is 0 Å². The Hall–Kier alpha value is -2.78. The van der Waals surface area contributed by atoms with Crippen LogP contribution in [-0.4, -0.2) is 25.6 Å². The van der Waals surface area contributed by atoms with Gasteiger partial charge in [0.1, 0.15) is 6.10 Å². The molecule has 2 aromatic rings. The van der Waals surface area contributed by atoms with E-state index < -0.39 is 67.7 Å². The highest BCUT2D eigenvalue weighted by atomic mass is 32.2. The van der Waals surface area contributed by atoms with E-state index in [1.54, 1.807) is 13.8 Å². The van der Waals surface area contributed by atoms with Crippen LogP contribution in [0.4, 0.5) is 35.1 Å². The molecule has 0 aliphatic heterocycles. The van der Waals surface area contributed by atoms with Crippen LogP contribution in [0.15, 0.2) is 34.3 Å².